The topological polar surface area (TPSA) is 26.3 Å². The van der Waals surface area contributed by atoms with Crippen molar-refractivity contribution in [3.8, 4) is 0 Å². The molecule has 0 atom stereocenters. The van der Waals surface area contributed by atoms with E-state index in [9.17, 15) is 115 Å². The number of carbonyl (C=O) groups is 1. The number of esters is 1. The van der Waals surface area contributed by atoms with Gasteiger partial charge in [-0.3, -0.25) is 0 Å². The largest absolute Gasteiger partial charge is 0.462 e. The lowest BCUT2D eigenvalue weighted by atomic mass is 9.87. The van der Waals surface area contributed by atoms with Crippen LogP contribution in [0.5, 0.6) is 0 Å². The van der Waals surface area contributed by atoms with Gasteiger partial charge in [-0.2, -0.15) is 101 Å². The molecular formula is C19H11F25O2. The summed E-state index contributed by atoms with van der Waals surface area (Å²) in [5.74, 6) is -90.0. The summed E-state index contributed by atoms with van der Waals surface area (Å²) in [6.45, 7) is 0.547. The maximum atomic E-state index is 13.8. The Morgan fingerprint density at radius 1 is 0.457 bits per heavy atom. The normalized spacial score (nSPS) is 16.0. The fourth-order valence-corrected chi connectivity index (χ4v) is 2.89. The van der Waals surface area contributed by atoms with Crippen molar-refractivity contribution in [2.24, 2.45) is 0 Å². The maximum Gasteiger partial charge on any atom is 0.460 e. The van der Waals surface area contributed by atoms with Gasteiger partial charge in [0, 0.05) is 6.08 Å². The van der Waals surface area contributed by atoms with Crippen molar-refractivity contribution in [3.05, 3.63) is 12.7 Å². The summed E-state index contributed by atoms with van der Waals surface area (Å²) in [4.78, 5) is 10.6. The van der Waals surface area contributed by atoms with Gasteiger partial charge < -0.3 is 4.74 Å². The summed E-state index contributed by atoms with van der Waals surface area (Å²) in [7, 11) is 0. The van der Waals surface area contributed by atoms with Crippen LogP contribution in [0.2, 0.25) is 0 Å². The monoisotopic (exact) mass is 746 g/mol. The molecule has 46 heavy (non-hydrogen) atoms. The Morgan fingerprint density at radius 3 is 1.04 bits per heavy atom. The highest BCUT2D eigenvalue weighted by molar-refractivity contribution is 5.81. The number of ether oxygens (including phenoxy) is 1. The third-order valence-corrected chi connectivity index (χ3v) is 5.49. The molecule has 0 rings (SSSR count). The van der Waals surface area contributed by atoms with E-state index in [0.29, 0.717) is 0 Å². The van der Waals surface area contributed by atoms with E-state index in [2.05, 4.69) is 11.3 Å². The van der Waals surface area contributed by atoms with Gasteiger partial charge in [0.05, 0.1) is 25.9 Å². The number of hydrogen-bond donors (Lipinski definition) is 0. The van der Waals surface area contributed by atoms with Gasteiger partial charge in [-0.05, 0) is 0 Å². The van der Waals surface area contributed by atoms with Crippen molar-refractivity contribution in [2.45, 2.75) is 90.6 Å². The smallest absolute Gasteiger partial charge is 0.460 e. The first kappa shape index (κ1) is 43.5. The van der Waals surface area contributed by atoms with Crippen LogP contribution < -0.4 is 0 Å². The van der Waals surface area contributed by atoms with Crippen molar-refractivity contribution in [3.63, 3.8) is 0 Å². The van der Waals surface area contributed by atoms with E-state index in [1.807, 2.05) is 0 Å². The van der Waals surface area contributed by atoms with Gasteiger partial charge in [0.2, 0.25) is 0 Å². The van der Waals surface area contributed by atoms with Crippen molar-refractivity contribution < 1.29 is 119 Å². The summed E-state index contributed by atoms with van der Waals surface area (Å²) in [6.07, 6.45) is -20.7. The van der Waals surface area contributed by atoms with Gasteiger partial charge >= 0.3 is 71.4 Å². The lowest BCUT2D eigenvalue weighted by Gasteiger charge is -2.41. The summed E-state index contributed by atoms with van der Waals surface area (Å²) >= 11 is 0. The molecule has 0 aliphatic rings. The summed E-state index contributed by atoms with van der Waals surface area (Å²) in [6, 6.07) is 0. The Balaban J connectivity index is 6.56. The standard InChI is InChI=1S/C19H11F25O2/c1-2-7(45)46-4-3-9(22,23)12(28,29)15(34,35)13(30,31)10(24,25)5-8(20,21)6-11(26,27)14(32,33)16(36,37)17(38,39)18(40,41)19(42,43)44/h2H,1,3-6H2. The third-order valence-electron chi connectivity index (χ3n) is 5.49. The first-order valence-corrected chi connectivity index (χ1v) is 10.6. The molecule has 27 heteroatoms. The molecule has 0 radical (unpaired) electrons. The van der Waals surface area contributed by atoms with Crippen LogP contribution in [-0.2, 0) is 9.53 Å². The van der Waals surface area contributed by atoms with Gasteiger partial charge in [-0.25, -0.2) is 13.6 Å². The van der Waals surface area contributed by atoms with E-state index in [4.69, 9.17) is 0 Å². The van der Waals surface area contributed by atoms with Gasteiger partial charge in [0.1, 0.15) is 0 Å². The highest BCUT2D eigenvalue weighted by Gasteiger charge is 2.91. The zero-order valence-corrected chi connectivity index (χ0v) is 20.9. The van der Waals surface area contributed by atoms with E-state index < -0.39 is 103 Å². The molecule has 2 nitrogen and oxygen atoms in total. The van der Waals surface area contributed by atoms with Gasteiger partial charge in [-0.15, -0.1) is 0 Å². The molecule has 274 valence electrons. The Kier molecular flexibility index (Phi) is 11.2. The minimum absolute atomic E-state index is 0.129. The van der Waals surface area contributed by atoms with Crippen LogP contribution in [0.25, 0.3) is 0 Å². The fourth-order valence-electron chi connectivity index (χ4n) is 2.89. The Morgan fingerprint density at radius 2 is 0.739 bits per heavy atom. The van der Waals surface area contributed by atoms with Crippen LogP contribution >= 0.6 is 0 Å². The predicted molar refractivity (Wildman–Crippen MR) is 95.5 cm³/mol. The molecular weight excluding hydrogens is 735 g/mol. The molecule has 0 aliphatic heterocycles. The average Bonchev–Trinajstić information content (AvgIpc) is 2.80. The number of halogens is 25. The first-order valence-electron chi connectivity index (χ1n) is 10.6. The zero-order valence-electron chi connectivity index (χ0n) is 20.9. The molecule has 0 spiro atoms. The molecule has 0 unspecified atom stereocenters. The summed E-state index contributed by atoms with van der Waals surface area (Å²) < 4.78 is 338. The molecule has 0 aliphatic carbocycles. The molecule has 0 bridgehead atoms. The quantitative estimate of drug-likeness (QED) is 0.0895. The molecule has 0 fully saturated rings. The lowest BCUT2D eigenvalue weighted by molar-refractivity contribution is -0.442. The lowest BCUT2D eigenvalue weighted by Crippen LogP contribution is -2.70. The highest BCUT2D eigenvalue weighted by Crippen LogP contribution is 2.63. The summed E-state index contributed by atoms with van der Waals surface area (Å²) in [5.41, 5.74) is 0. The van der Waals surface area contributed by atoms with E-state index in [1.165, 1.54) is 0 Å². The SMILES string of the molecule is C=CC(=O)OCCC(F)(F)C(F)(F)C(F)(F)C(F)(F)C(F)(F)CC(F)(F)CC(F)(F)C(F)(F)C(F)(F)C(F)(F)C(F)(F)C(F)(F)F. The second-order valence-electron chi connectivity index (χ2n) is 8.96. The minimum Gasteiger partial charge on any atom is -0.462 e. The van der Waals surface area contributed by atoms with Crippen molar-refractivity contribution in [1.29, 1.82) is 0 Å². The first-order chi connectivity index (χ1) is 19.6. The molecule has 0 amide bonds. The van der Waals surface area contributed by atoms with Gasteiger partial charge in [0.15, 0.2) is 0 Å². The number of rotatable bonds is 16. The van der Waals surface area contributed by atoms with Crippen LogP contribution in [0, 0.1) is 0 Å². The maximum absolute atomic E-state index is 13.8. The van der Waals surface area contributed by atoms with E-state index in [0.717, 1.165) is 0 Å². The summed E-state index contributed by atoms with van der Waals surface area (Å²) in [5, 5.41) is 0. The average molecular weight is 746 g/mol. The van der Waals surface area contributed by atoms with Crippen LogP contribution in [-0.4, -0.2) is 83.9 Å². The van der Waals surface area contributed by atoms with Crippen molar-refractivity contribution in [2.75, 3.05) is 6.61 Å². The number of carbonyl (C=O) groups excluding carboxylic acids is 1. The Hall–Kier alpha value is -2.54. The highest BCUT2D eigenvalue weighted by atomic mass is 19.4. The van der Waals surface area contributed by atoms with Crippen molar-refractivity contribution >= 4 is 5.97 Å². The third kappa shape index (κ3) is 6.86. The van der Waals surface area contributed by atoms with Crippen LogP contribution in [0.3, 0.4) is 0 Å². The second kappa shape index (κ2) is 11.9. The van der Waals surface area contributed by atoms with Gasteiger partial charge in [-0.1, -0.05) is 6.58 Å². The predicted octanol–water partition coefficient (Wildman–Crippen LogP) is 9.44. The fraction of sp³-hybridized carbons (Fsp3) is 0.842. The van der Waals surface area contributed by atoms with E-state index in [-0.39, 0.29) is 6.08 Å². The molecule has 0 N–H and O–H groups in total. The molecule has 0 saturated carbocycles. The van der Waals surface area contributed by atoms with Crippen LogP contribution in [0.15, 0.2) is 12.7 Å². The molecule has 0 saturated heterocycles. The molecule has 0 aromatic rings. The minimum atomic E-state index is -8.79. The molecule has 0 heterocycles. The van der Waals surface area contributed by atoms with E-state index in [1.54, 1.807) is 0 Å². The second-order valence-corrected chi connectivity index (χ2v) is 8.96. The Labute approximate surface area is 236 Å². The number of hydrogen-bond acceptors (Lipinski definition) is 2. The van der Waals surface area contributed by atoms with Crippen LogP contribution in [0.4, 0.5) is 110 Å². The zero-order chi connectivity index (χ0) is 37.8. The van der Waals surface area contributed by atoms with E-state index >= 15 is 0 Å². The Bertz CT molecular complexity index is 1100. The van der Waals surface area contributed by atoms with Crippen molar-refractivity contribution in [1.82, 2.24) is 0 Å². The van der Waals surface area contributed by atoms with Gasteiger partial charge in [0.25, 0.3) is 5.92 Å². The van der Waals surface area contributed by atoms with Crippen LogP contribution in [0.1, 0.15) is 19.3 Å². The molecule has 0 aromatic carbocycles. The molecule has 0 aromatic heterocycles. The number of alkyl halides is 25.